The maximum Gasteiger partial charge on any atom is 0.284 e. The SMILES string of the molecule is CCN(C(=O)[C@H](C)[NH+](C)CC(=O)Nc1c(C)cccc1C)c1ccccc1. The second-order valence-corrected chi connectivity index (χ2v) is 6.98. The Morgan fingerprint density at radius 2 is 1.63 bits per heavy atom. The highest BCUT2D eigenvalue weighted by Gasteiger charge is 2.28. The predicted molar refractivity (Wildman–Crippen MR) is 110 cm³/mol. The summed E-state index contributed by atoms with van der Waals surface area (Å²) in [5.41, 5.74) is 3.80. The number of anilines is 2. The highest BCUT2D eigenvalue weighted by Crippen LogP contribution is 2.19. The number of hydrogen-bond donors (Lipinski definition) is 2. The molecule has 27 heavy (non-hydrogen) atoms. The van der Waals surface area contributed by atoms with Crippen molar-refractivity contribution in [2.45, 2.75) is 33.7 Å². The smallest absolute Gasteiger partial charge is 0.284 e. The Kier molecular flexibility index (Phi) is 7.13. The summed E-state index contributed by atoms with van der Waals surface area (Å²) in [6.45, 7) is 8.60. The van der Waals surface area contributed by atoms with Gasteiger partial charge in [0.15, 0.2) is 12.6 Å². The number of nitrogens with zero attached hydrogens (tertiary/aromatic N) is 1. The standard InChI is InChI=1S/C22H29N3O2/c1-6-25(19-13-8-7-9-14-19)22(27)18(4)24(5)15-20(26)23-21-16(2)11-10-12-17(21)3/h7-14,18H,6,15H2,1-5H3,(H,23,26)/p+1/t18-/m0/s1. The summed E-state index contributed by atoms with van der Waals surface area (Å²) in [7, 11) is 1.88. The summed E-state index contributed by atoms with van der Waals surface area (Å²) in [4.78, 5) is 28.1. The lowest BCUT2D eigenvalue weighted by Gasteiger charge is -2.27. The first kappa shape index (κ1) is 20.6. The van der Waals surface area contributed by atoms with Crippen LogP contribution in [-0.4, -0.2) is 38.0 Å². The van der Waals surface area contributed by atoms with Gasteiger partial charge in [-0.05, 0) is 51.0 Å². The molecule has 0 bridgehead atoms. The largest absolute Gasteiger partial charge is 0.321 e. The lowest BCUT2D eigenvalue weighted by atomic mass is 10.1. The van der Waals surface area contributed by atoms with Gasteiger partial charge < -0.3 is 15.1 Å². The molecule has 5 heteroatoms. The van der Waals surface area contributed by atoms with E-state index in [2.05, 4.69) is 5.32 Å². The molecule has 2 amide bonds. The quantitative estimate of drug-likeness (QED) is 0.787. The van der Waals surface area contributed by atoms with Gasteiger partial charge in [0.2, 0.25) is 0 Å². The fraction of sp³-hybridized carbons (Fsp3) is 0.364. The number of amides is 2. The molecule has 2 atom stereocenters. The fourth-order valence-corrected chi connectivity index (χ4v) is 3.12. The number of likely N-dealkylation sites (N-methyl/N-ethyl adjacent to an activating group) is 2. The number of carbonyl (C=O) groups is 2. The van der Waals surface area contributed by atoms with Crippen LogP contribution < -0.4 is 15.1 Å². The van der Waals surface area contributed by atoms with Crippen molar-refractivity contribution in [3.05, 3.63) is 59.7 Å². The third kappa shape index (κ3) is 5.17. The van der Waals surface area contributed by atoms with Crippen LogP contribution in [0.2, 0.25) is 0 Å². The molecule has 0 spiro atoms. The minimum Gasteiger partial charge on any atom is -0.321 e. The molecule has 0 aromatic heterocycles. The van der Waals surface area contributed by atoms with E-state index in [1.165, 1.54) is 0 Å². The van der Waals surface area contributed by atoms with Gasteiger partial charge in [0, 0.05) is 17.9 Å². The highest BCUT2D eigenvalue weighted by molar-refractivity contribution is 5.96. The molecule has 0 radical (unpaired) electrons. The Labute approximate surface area is 162 Å². The zero-order chi connectivity index (χ0) is 20.0. The predicted octanol–water partition coefficient (Wildman–Crippen LogP) is 2.20. The number of nitrogens with one attached hydrogen (secondary N) is 2. The number of hydrogen-bond acceptors (Lipinski definition) is 2. The molecular formula is C22H30N3O2+. The average Bonchev–Trinajstić information content (AvgIpc) is 2.65. The number of carbonyl (C=O) groups excluding carboxylic acids is 2. The Bertz CT molecular complexity index is 769. The summed E-state index contributed by atoms with van der Waals surface area (Å²) < 4.78 is 0. The lowest BCUT2D eigenvalue weighted by Crippen LogP contribution is -3.15. The zero-order valence-electron chi connectivity index (χ0n) is 16.9. The average molecular weight is 369 g/mol. The summed E-state index contributed by atoms with van der Waals surface area (Å²) in [5, 5.41) is 2.99. The molecule has 0 aliphatic heterocycles. The van der Waals surface area contributed by atoms with Crippen molar-refractivity contribution in [3.8, 4) is 0 Å². The van der Waals surface area contributed by atoms with Crippen molar-refractivity contribution in [2.75, 3.05) is 30.4 Å². The second kappa shape index (κ2) is 9.33. The Morgan fingerprint density at radius 1 is 1.04 bits per heavy atom. The van der Waals surface area contributed by atoms with Crippen LogP contribution in [0.5, 0.6) is 0 Å². The number of para-hydroxylation sites is 2. The van der Waals surface area contributed by atoms with Crippen molar-refractivity contribution < 1.29 is 14.5 Å². The minimum absolute atomic E-state index is 0.0149. The first-order valence-electron chi connectivity index (χ1n) is 9.40. The van der Waals surface area contributed by atoms with Gasteiger partial charge in [-0.15, -0.1) is 0 Å². The molecule has 2 N–H and O–H groups in total. The van der Waals surface area contributed by atoms with Gasteiger partial charge in [-0.25, -0.2) is 0 Å². The number of aryl methyl sites for hydroxylation is 2. The van der Waals surface area contributed by atoms with Crippen LogP contribution in [0.4, 0.5) is 11.4 Å². The minimum atomic E-state index is -0.325. The van der Waals surface area contributed by atoms with Crippen molar-refractivity contribution in [1.29, 1.82) is 0 Å². The van der Waals surface area contributed by atoms with Crippen LogP contribution >= 0.6 is 0 Å². The van der Waals surface area contributed by atoms with Gasteiger partial charge in [0.25, 0.3) is 11.8 Å². The maximum atomic E-state index is 12.9. The summed E-state index contributed by atoms with van der Waals surface area (Å²) >= 11 is 0. The van der Waals surface area contributed by atoms with Crippen LogP contribution in [-0.2, 0) is 9.59 Å². The van der Waals surface area contributed by atoms with E-state index in [9.17, 15) is 9.59 Å². The fourth-order valence-electron chi connectivity index (χ4n) is 3.12. The van der Waals surface area contributed by atoms with Crippen molar-refractivity contribution in [2.24, 2.45) is 0 Å². The normalized spacial score (nSPS) is 12.9. The van der Waals surface area contributed by atoms with Crippen molar-refractivity contribution >= 4 is 23.2 Å². The van der Waals surface area contributed by atoms with E-state index in [1.807, 2.05) is 83.3 Å². The topological polar surface area (TPSA) is 53.9 Å². The monoisotopic (exact) mass is 368 g/mol. The number of benzene rings is 2. The highest BCUT2D eigenvalue weighted by atomic mass is 16.2. The van der Waals surface area contributed by atoms with Gasteiger partial charge in [0.1, 0.15) is 0 Å². The summed E-state index contributed by atoms with van der Waals surface area (Å²) in [6.07, 6.45) is 0. The second-order valence-electron chi connectivity index (χ2n) is 6.98. The first-order chi connectivity index (χ1) is 12.8. The van der Waals surface area contributed by atoms with Crippen LogP contribution in [0.1, 0.15) is 25.0 Å². The van der Waals surface area contributed by atoms with Gasteiger partial charge in [0.05, 0.1) is 7.05 Å². The zero-order valence-corrected chi connectivity index (χ0v) is 16.9. The van der Waals surface area contributed by atoms with E-state index in [-0.39, 0.29) is 24.4 Å². The summed E-state index contributed by atoms with van der Waals surface area (Å²) in [6, 6.07) is 15.2. The van der Waals surface area contributed by atoms with Gasteiger partial charge >= 0.3 is 0 Å². The molecule has 0 heterocycles. The molecule has 0 aliphatic carbocycles. The van der Waals surface area contributed by atoms with Crippen molar-refractivity contribution in [3.63, 3.8) is 0 Å². The van der Waals surface area contributed by atoms with E-state index in [1.54, 1.807) is 4.90 Å². The third-order valence-electron chi connectivity index (χ3n) is 4.94. The Hall–Kier alpha value is -2.66. The Morgan fingerprint density at radius 3 is 2.19 bits per heavy atom. The molecular weight excluding hydrogens is 338 g/mol. The van der Waals surface area contributed by atoms with Gasteiger partial charge in [-0.3, -0.25) is 9.59 Å². The number of quaternary nitrogens is 1. The number of rotatable bonds is 7. The Balaban J connectivity index is 2.02. The molecule has 2 aromatic rings. The maximum absolute atomic E-state index is 12.9. The molecule has 144 valence electrons. The molecule has 2 aromatic carbocycles. The molecule has 0 saturated heterocycles. The molecule has 2 rings (SSSR count). The molecule has 0 saturated carbocycles. The molecule has 0 aliphatic rings. The first-order valence-corrected chi connectivity index (χ1v) is 9.40. The lowest BCUT2D eigenvalue weighted by molar-refractivity contribution is -0.885. The molecule has 1 unspecified atom stereocenters. The van der Waals surface area contributed by atoms with Gasteiger partial charge in [-0.1, -0.05) is 36.4 Å². The van der Waals surface area contributed by atoms with E-state index in [0.29, 0.717) is 6.54 Å². The van der Waals surface area contributed by atoms with E-state index in [4.69, 9.17) is 0 Å². The van der Waals surface area contributed by atoms with E-state index < -0.39 is 0 Å². The van der Waals surface area contributed by atoms with Gasteiger partial charge in [-0.2, -0.15) is 0 Å². The molecule has 5 nitrogen and oxygen atoms in total. The summed E-state index contributed by atoms with van der Waals surface area (Å²) in [5.74, 6) is -0.0756. The van der Waals surface area contributed by atoms with Crippen LogP contribution in [0.15, 0.2) is 48.5 Å². The molecule has 0 fully saturated rings. The van der Waals surface area contributed by atoms with Crippen LogP contribution in [0.25, 0.3) is 0 Å². The van der Waals surface area contributed by atoms with Crippen LogP contribution in [0.3, 0.4) is 0 Å². The van der Waals surface area contributed by atoms with E-state index in [0.717, 1.165) is 27.4 Å². The third-order valence-corrected chi connectivity index (χ3v) is 4.94. The van der Waals surface area contributed by atoms with Crippen molar-refractivity contribution in [1.82, 2.24) is 0 Å². The van der Waals surface area contributed by atoms with E-state index >= 15 is 0 Å². The van der Waals surface area contributed by atoms with Crippen LogP contribution in [0, 0.1) is 13.8 Å².